The summed E-state index contributed by atoms with van der Waals surface area (Å²) in [5.74, 6) is 0.907. The summed E-state index contributed by atoms with van der Waals surface area (Å²) in [6, 6.07) is 26.7. The number of pyridine rings is 1. The molecule has 2 unspecified atom stereocenters. The van der Waals surface area contributed by atoms with Crippen molar-refractivity contribution in [3.8, 4) is 5.82 Å². The van der Waals surface area contributed by atoms with Crippen LogP contribution in [0.3, 0.4) is 0 Å². The zero-order chi connectivity index (χ0) is 27.6. The Balaban J connectivity index is 1.20. The molecule has 6 heteroatoms. The minimum atomic E-state index is -0.641. The van der Waals surface area contributed by atoms with Crippen molar-refractivity contribution in [3.05, 3.63) is 119 Å². The fraction of sp³-hybridized carbons (Fsp3) is 0.333. The number of hydrogen-bond acceptors (Lipinski definition) is 4. The maximum atomic E-state index is 12.4. The third kappa shape index (κ3) is 8.37. The third-order valence-electron chi connectivity index (χ3n) is 7.02. The normalized spacial score (nSPS) is 12.7. The molecule has 2 heterocycles. The molecule has 0 bridgehead atoms. The van der Waals surface area contributed by atoms with E-state index in [1.807, 2.05) is 42.5 Å². The summed E-state index contributed by atoms with van der Waals surface area (Å²) in [7, 11) is 0. The molecule has 0 aliphatic carbocycles. The smallest absolute Gasteiger partial charge is 0.224 e. The highest BCUT2D eigenvalue weighted by Gasteiger charge is 2.13. The molecule has 0 aliphatic rings. The van der Waals surface area contributed by atoms with Crippen LogP contribution in [0.2, 0.25) is 0 Å². The number of benzene rings is 2. The largest absolute Gasteiger partial charge is 0.387 e. The number of aryl methyl sites for hydroxylation is 3. The average Bonchev–Trinajstić information content (AvgIpc) is 3.28. The lowest BCUT2D eigenvalue weighted by atomic mass is 10.0. The van der Waals surface area contributed by atoms with Gasteiger partial charge in [-0.05, 0) is 74.9 Å². The van der Waals surface area contributed by atoms with Gasteiger partial charge < -0.3 is 20.3 Å². The summed E-state index contributed by atoms with van der Waals surface area (Å²) in [6.07, 6.45) is 4.19. The molecule has 0 spiro atoms. The van der Waals surface area contributed by atoms with E-state index in [4.69, 9.17) is 0 Å². The lowest BCUT2D eigenvalue weighted by Crippen LogP contribution is -2.32. The van der Waals surface area contributed by atoms with E-state index in [1.54, 1.807) is 6.20 Å². The van der Waals surface area contributed by atoms with E-state index in [1.165, 1.54) is 11.1 Å². The van der Waals surface area contributed by atoms with Gasteiger partial charge >= 0.3 is 0 Å². The first-order chi connectivity index (χ1) is 18.9. The molecular formula is C33H40N4O2. The van der Waals surface area contributed by atoms with E-state index in [9.17, 15) is 9.90 Å². The molecular weight excluding hydrogens is 484 g/mol. The van der Waals surface area contributed by atoms with Crippen molar-refractivity contribution in [1.29, 1.82) is 0 Å². The Morgan fingerprint density at radius 1 is 0.923 bits per heavy atom. The van der Waals surface area contributed by atoms with Gasteiger partial charge in [0.2, 0.25) is 5.91 Å². The number of carbonyl (C=O) groups is 1. The second-order valence-corrected chi connectivity index (χ2v) is 10.4. The van der Waals surface area contributed by atoms with Crippen LogP contribution < -0.4 is 10.6 Å². The Kier molecular flexibility index (Phi) is 10.1. The summed E-state index contributed by atoms with van der Waals surface area (Å²) < 4.78 is 2.10. The van der Waals surface area contributed by atoms with Crippen LogP contribution in [0.25, 0.3) is 5.82 Å². The predicted octanol–water partition coefficient (Wildman–Crippen LogP) is 5.03. The number of aromatic nitrogens is 2. The van der Waals surface area contributed by atoms with Gasteiger partial charge in [0.25, 0.3) is 0 Å². The van der Waals surface area contributed by atoms with E-state index in [0.717, 1.165) is 47.6 Å². The van der Waals surface area contributed by atoms with Gasteiger partial charge in [0.15, 0.2) is 0 Å². The maximum absolute atomic E-state index is 12.4. The van der Waals surface area contributed by atoms with E-state index in [-0.39, 0.29) is 11.9 Å². The molecule has 2 atom stereocenters. The van der Waals surface area contributed by atoms with Crippen molar-refractivity contribution in [2.24, 2.45) is 0 Å². The maximum Gasteiger partial charge on any atom is 0.224 e. The topological polar surface area (TPSA) is 79.2 Å². The number of aliphatic hydroxyl groups is 1. The second kappa shape index (κ2) is 13.9. The van der Waals surface area contributed by atoms with Crippen LogP contribution in [0, 0.1) is 13.8 Å². The Hall–Kier alpha value is -3.74. The SMILES string of the molecule is Cc1ccc(C)n1-c1ccc(C(O)CNC(C)Cc2cccc(CC(=O)NCCCc3ccccc3)c2)cn1. The number of carbonyl (C=O) groups excluding carboxylic acids is 1. The molecule has 4 aromatic rings. The number of amides is 1. The molecule has 0 fully saturated rings. The van der Waals surface area contributed by atoms with Gasteiger partial charge in [-0.2, -0.15) is 0 Å². The molecule has 3 N–H and O–H groups in total. The molecule has 6 nitrogen and oxygen atoms in total. The first-order valence-electron chi connectivity index (χ1n) is 13.8. The molecule has 204 valence electrons. The number of nitrogens with one attached hydrogen (secondary N) is 2. The van der Waals surface area contributed by atoms with Crippen molar-refractivity contribution in [1.82, 2.24) is 20.2 Å². The van der Waals surface area contributed by atoms with Crippen LogP contribution in [0.5, 0.6) is 0 Å². The van der Waals surface area contributed by atoms with Gasteiger partial charge in [-0.25, -0.2) is 4.98 Å². The summed E-state index contributed by atoms with van der Waals surface area (Å²) in [5.41, 5.74) is 6.53. The van der Waals surface area contributed by atoms with Gasteiger partial charge in [0.1, 0.15) is 5.82 Å². The van der Waals surface area contributed by atoms with Crippen LogP contribution in [-0.2, 0) is 24.1 Å². The molecule has 2 aromatic carbocycles. The molecule has 2 aromatic heterocycles. The molecule has 0 aliphatic heterocycles. The monoisotopic (exact) mass is 524 g/mol. The molecule has 1 amide bonds. The first kappa shape index (κ1) is 28.3. The molecule has 4 rings (SSSR count). The Labute approximate surface area is 232 Å². The summed E-state index contributed by atoms with van der Waals surface area (Å²) >= 11 is 0. The predicted molar refractivity (Wildman–Crippen MR) is 157 cm³/mol. The van der Waals surface area contributed by atoms with E-state index in [0.29, 0.717) is 19.5 Å². The Morgan fingerprint density at radius 2 is 1.64 bits per heavy atom. The minimum absolute atomic E-state index is 0.0521. The summed E-state index contributed by atoms with van der Waals surface area (Å²) in [6.45, 7) is 7.34. The van der Waals surface area contributed by atoms with Crippen LogP contribution in [-0.4, -0.2) is 39.7 Å². The highest BCUT2D eigenvalue weighted by molar-refractivity contribution is 5.78. The number of hydrogen-bond donors (Lipinski definition) is 3. The lowest BCUT2D eigenvalue weighted by molar-refractivity contribution is -0.120. The van der Waals surface area contributed by atoms with Crippen LogP contribution in [0.15, 0.2) is 85.1 Å². The zero-order valence-corrected chi connectivity index (χ0v) is 23.2. The number of nitrogens with zero attached hydrogens (tertiary/aromatic N) is 2. The first-order valence-corrected chi connectivity index (χ1v) is 13.8. The molecule has 0 saturated heterocycles. The quantitative estimate of drug-likeness (QED) is 0.214. The van der Waals surface area contributed by atoms with Crippen molar-refractivity contribution in [2.45, 2.75) is 58.6 Å². The van der Waals surface area contributed by atoms with E-state index < -0.39 is 6.10 Å². The highest BCUT2D eigenvalue weighted by Crippen LogP contribution is 2.17. The minimum Gasteiger partial charge on any atom is -0.387 e. The second-order valence-electron chi connectivity index (χ2n) is 10.4. The van der Waals surface area contributed by atoms with Crippen molar-refractivity contribution in [2.75, 3.05) is 13.1 Å². The van der Waals surface area contributed by atoms with Gasteiger partial charge in [-0.3, -0.25) is 4.79 Å². The summed E-state index contributed by atoms with van der Waals surface area (Å²) in [4.78, 5) is 17.0. The standard InChI is InChI=1S/C33H40N4O2/c1-24(35-23-31(38)30-16-17-32(36-22-30)37-25(2)14-15-26(37)3)19-28-11-7-12-29(20-28)21-33(39)34-18-8-13-27-9-5-4-6-10-27/h4-7,9-12,14-17,20,22,24,31,35,38H,8,13,18-19,21,23H2,1-3H3,(H,34,39). The van der Waals surface area contributed by atoms with Gasteiger partial charge in [0, 0.05) is 42.3 Å². The molecule has 0 radical (unpaired) electrons. The number of rotatable bonds is 13. The van der Waals surface area contributed by atoms with E-state index in [2.05, 4.69) is 77.4 Å². The number of aliphatic hydroxyl groups excluding tert-OH is 1. The van der Waals surface area contributed by atoms with Crippen molar-refractivity contribution >= 4 is 5.91 Å². The summed E-state index contributed by atoms with van der Waals surface area (Å²) in [5, 5.41) is 17.2. The molecule has 39 heavy (non-hydrogen) atoms. The van der Waals surface area contributed by atoms with Gasteiger partial charge in [-0.1, -0.05) is 60.7 Å². The Bertz CT molecular complexity index is 1310. The van der Waals surface area contributed by atoms with Crippen molar-refractivity contribution < 1.29 is 9.90 Å². The average molecular weight is 525 g/mol. The molecule has 0 saturated carbocycles. The fourth-order valence-corrected chi connectivity index (χ4v) is 4.89. The van der Waals surface area contributed by atoms with Crippen LogP contribution in [0.4, 0.5) is 0 Å². The van der Waals surface area contributed by atoms with E-state index >= 15 is 0 Å². The van der Waals surface area contributed by atoms with Crippen LogP contribution in [0.1, 0.15) is 53.1 Å². The lowest BCUT2D eigenvalue weighted by Gasteiger charge is -2.18. The Morgan fingerprint density at radius 3 is 2.36 bits per heavy atom. The highest BCUT2D eigenvalue weighted by atomic mass is 16.3. The van der Waals surface area contributed by atoms with Crippen molar-refractivity contribution in [3.63, 3.8) is 0 Å². The third-order valence-corrected chi connectivity index (χ3v) is 7.02. The van der Waals surface area contributed by atoms with Crippen LogP contribution >= 0.6 is 0 Å². The fourth-order valence-electron chi connectivity index (χ4n) is 4.89. The van der Waals surface area contributed by atoms with Gasteiger partial charge in [0.05, 0.1) is 12.5 Å². The van der Waals surface area contributed by atoms with Gasteiger partial charge in [-0.15, -0.1) is 0 Å². The zero-order valence-electron chi connectivity index (χ0n) is 23.2.